The number of fused-ring (bicyclic) bond motifs is 1. The van der Waals surface area contributed by atoms with Crippen LogP contribution in [0.25, 0.3) is 10.9 Å². The Labute approximate surface area is 203 Å². The summed E-state index contributed by atoms with van der Waals surface area (Å²) in [4.78, 5) is 53.3. The molecule has 1 saturated heterocycles. The number of rotatable bonds is 11. The van der Waals surface area contributed by atoms with Crippen molar-refractivity contribution in [3.63, 3.8) is 0 Å². The molecule has 1 aromatic heterocycles. The Hall–Kier alpha value is -3.44. The molecule has 1 aromatic carbocycles. The predicted molar refractivity (Wildman–Crippen MR) is 128 cm³/mol. The van der Waals surface area contributed by atoms with Crippen LogP contribution in [0.4, 0.5) is 0 Å². The molecule has 2 aromatic rings. The number of hydrogen-bond acceptors (Lipinski definition) is 6. The van der Waals surface area contributed by atoms with Gasteiger partial charge in [-0.3, -0.25) is 14.4 Å². The first-order valence-corrected chi connectivity index (χ1v) is 11.7. The van der Waals surface area contributed by atoms with Crippen molar-refractivity contribution in [2.24, 2.45) is 5.92 Å². The molecule has 0 saturated carbocycles. The van der Waals surface area contributed by atoms with Crippen molar-refractivity contribution < 1.29 is 29.4 Å². The van der Waals surface area contributed by atoms with E-state index in [-0.39, 0.29) is 12.3 Å². The minimum atomic E-state index is -1.26. The number of nitrogens with one attached hydrogen (secondary N) is 5. The van der Waals surface area contributed by atoms with Gasteiger partial charge in [-0.15, -0.1) is 0 Å². The van der Waals surface area contributed by atoms with E-state index in [1.807, 2.05) is 24.3 Å². The van der Waals surface area contributed by atoms with Crippen LogP contribution in [0.2, 0.25) is 0 Å². The first-order chi connectivity index (χ1) is 16.7. The molecule has 0 bridgehead atoms. The topological polar surface area (TPSA) is 173 Å². The van der Waals surface area contributed by atoms with Gasteiger partial charge >= 0.3 is 5.97 Å². The van der Waals surface area contributed by atoms with Crippen LogP contribution in [0.1, 0.15) is 32.3 Å². The Bertz CT molecular complexity index is 1060. The second kappa shape index (κ2) is 11.8. The maximum atomic E-state index is 13.1. The third-order valence-electron chi connectivity index (χ3n) is 6.15. The van der Waals surface area contributed by atoms with E-state index in [1.54, 1.807) is 20.0 Å². The van der Waals surface area contributed by atoms with Crippen molar-refractivity contribution in [1.29, 1.82) is 0 Å². The van der Waals surface area contributed by atoms with Gasteiger partial charge in [-0.1, -0.05) is 32.0 Å². The molecule has 11 heteroatoms. The smallest absolute Gasteiger partial charge is 0.326 e. The van der Waals surface area contributed by atoms with Crippen LogP contribution < -0.4 is 21.3 Å². The fourth-order valence-corrected chi connectivity index (χ4v) is 4.14. The number of H-pyrrole nitrogens is 1. The Morgan fingerprint density at radius 1 is 1.06 bits per heavy atom. The number of carbonyl (C=O) groups excluding carboxylic acids is 3. The number of benzene rings is 1. The second-order valence-corrected chi connectivity index (χ2v) is 9.09. The molecule has 0 spiro atoms. The molecule has 35 heavy (non-hydrogen) atoms. The van der Waals surface area contributed by atoms with Gasteiger partial charge in [0.15, 0.2) is 0 Å². The van der Waals surface area contributed by atoms with Crippen molar-refractivity contribution in [2.45, 2.75) is 57.3 Å². The van der Waals surface area contributed by atoms with Crippen molar-refractivity contribution in [1.82, 2.24) is 26.3 Å². The van der Waals surface area contributed by atoms with Gasteiger partial charge in [0, 0.05) is 23.5 Å². The Morgan fingerprint density at radius 2 is 1.77 bits per heavy atom. The van der Waals surface area contributed by atoms with Gasteiger partial charge in [0.25, 0.3) is 0 Å². The zero-order chi connectivity index (χ0) is 25.5. The molecule has 190 valence electrons. The minimum absolute atomic E-state index is 0.0717. The standard InChI is InChI=1S/C24H33N5O6/c1-13(2)20(24(34)35)29-22(32)18(10-14-11-26-16-7-4-3-6-15(14)16)27-23(33)19(12-30)28-21(31)17-8-5-9-25-17/h3-4,6-7,11,13,17-20,25-26,30H,5,8-10,12H2,1-2H3,(H,27,33)(H,28,31)(H,29,32)(H,34,35). The molecule has 7 N–H and O–H groups in total. The zero-order valence-electron chi connectivity index (χ0n) is 19.8. The fraction of sp³-hybridized carbons (Fsp3) is 0.500. The lowest BCUT2D eigenvalue weighted by atomic mass is 10.0. The predicted octanol–water partition coefficient (Wildman–Crippen LogP) is -0.350. The normalized spacial score (nSPS) is 18.1. The molecule has 0 aliphatic carbocycles. The number of para-hydroxylation sites is 1. The number of aliphatic hydroxyl groups excluding tert-OH is 1. The van der Waals surface area contributed by atoms with Crippen LogP contribution in [0.5, 0.6) is 0 Å². The summed E-state index contributed by atoms with van der Waals surface area (Å²) >= 11 is 0. The van der Waals surface area contributed by atoms with E-state index in [9.17, 15) is 29.4 Å². The molecule has 0 radical (unpaired) electrons. The summed E-state index contributed by atoms with van der Waals surface area (Å²) in [6.45, 7) is 3.37. The van der Waals surface area contributed by atoms with Crippen molar-refractivity contribution in [3.05, 3.63) is 36.0 Å². The van der Waals surface area contributed by atoms with E-state index in [2.05, 4.69) is 26.3 Å². The van der Waals surface area contributed by atoms with E-state index in [4.69, 9.17) is 0 Å². The number of carboxylic acid groups (broad SMARTS) is 1. The number of aromatic nitrogens is 1. The van der Waals surface area contributed by atoms with Gasteiger partial charge < -0.3 is 36.5 Å². The maximum absolute atomic E-state index is 13.1. The number of aromatic amines is 1. The van der Waals surface area contributed by atoms with Gasteiger partial charge in [-0.25, -0.2) is 4.79 Å². The molecule has 1 aliphatic rings. The summed E-state index contributed by atoms with van der Waals surface area (Å²) in [6, 6.07) is 3.47. The van der Waals surface area contributed by atoms with Crippen LogP contribution in [0.15, 0.2) is 30.5 Å². The van der Waals surface area contributed by atoms with Gasteiger partial charge in [0.1, 0.15) is 18.1 Å². The van der Waals surface area contributed by atoms with Crippen LogP contribution in [0, 0.1) is 5.92 Å². The van der Waals surface area contributed by atoms with Crippen molar-refractivity contribution >= 4 is 34.6 Å². The van der Waals surface area contributed by atoms with E-state index in [0.29, 0.717) is 13.0 Å². The van der Waals surface area contributed by atoms with Crippen LogP contribution in [-0.4, -0.2) is 76.2 Å². The van der Waals surface area contributed by atoms with Crippen LogP contribution >= 0.6 is 0 Å². The lowest BCUT2D eigenvalue weighted by molar-refractivity contribution is -0.143. The summed E-state index contributed by atoms with van der Waals surface area (Å²) in [7, 11) is 0. The van der Waals surface area contributed by atoms with E-state index >= 15 is 0 Å². The molecule has 11 nitrogen and oxygen atoms in total. The average molecular weight is 488 g/mol. The first-order valence-electron chi connectivity index (χ1n) is 11.7. The Kier molecular flexibility index (Phi) is 8.83. The summed E-state index contributed by atoms with van der Waals surface area (Å²) in [5, 5.41) is 30.7. The molecular weight excluding hydrogens is 454 g/mol. The Balaban J connectivity index is 1.79. The molecule has 3 amide bonds. The molecule has 4 unspecified atom stereocenters. The highest BCUT2D eigenvalue weighted by atomic mass is 16.4. The number of aliphatic hydroxyl groups is 1. The number of aliphatic carboxylic acids is 1. The fourth-order valence-electron chi connectivity index (χ4n) is 4.14. The minimum Gasteiger partial charge on any atom is -0.480 e. The third-order valence-corrected chi connectivity index (χ3v) is 6.15. The molecule has 2 heterocycles. The molecular formula is C24H33N5O6. The largest absolute Gasteiger partial charge is 0.480 e. The Morgan fingerprint density at radius 3 is 2.40 bits per heavy atom. The average Bonchev–Trinajstić information content (AvgIpc) is 3.50. The summed E-state index contributed by atoms with van der Waals surface area (Å²) < 4.78 is 0. The molecule has 1 fully saturated rings. The summed E-state index contributed by atoms with van der Waals surface area (Å²) in [6.07, 6.45) is 3.26. The quantitative estimate of drug-likeness (QED) is 0.227. The number of amides is 3. The highest BCUT2D eigenvalue weighted by molar-refractivity contribution is 5.95. The molecule has 4 atom stereocenters. The van der Waals surface area contributed by atoms with Crippen LogP contribution in [0.3, 0.4) is 0 Å². The number of carbonyl (C=O) groups is 4. The van der Waals surface area contributed by atoms with Gasteiger partial charge in [0.05, 0.1) is 12.6 Å². The molecule has 1 aliphatic heterocycles. The highest BCUT2D eigenvalue weighted by Gasteiger charge is 2.32. The first kappa shape index (κ1) is 26.2. The zero-order valence-corrected chi connectivity index (χ0v) is 19.8. The van der Waals surface area contributed by atoms with Gasteiger partial charge in [-0.2, -0.15) is 0 Å². The van der Waals surface area contributed by atoms with Crippen molar-refractivity contribution in [3.8, 4) is 0 Å². The third kappa shape index (κ3) is 6.58. The molecule has 3 rings (SSSR count). The summed E-state index contributed by atoms with van der Waals surface area (Å²) in [5.74, 6) is -3.39. The van der Waals surface area contributed by atoms with Crippen LogP contribution in [-0.2, 0) is 25.6 Å². The second-order valence-electron chi connectivity index (χ2n) is 9.09. The maximum Gasteiger partial charge on any atom is 0.326 e. The van der Waals surface area contributed by atoms with E-state index in [1.165, 1.54) is 0 Å². The highest BCUT2D eigenvalue weighted by Crippen LogP contribution is 2.19. The monoisotopic (exact) mass is 487 g/mol. The lowest BCUT2D eigenvalue weighted by Crippen LogP contribution is -2.58. The van der Waals surface area contributed by atoms with Gasteiger partial charge in [0.2, 0.25) is 17.7 Å². The number of carboxylic acids is 1. The van der Waals surface area contributed by atoms with Crippen molar-refractivity contribution in [2.75, 3.05) is 13.2 Å². The SMILES string of the molecule is CC(C)C(NC(=O)C(Cc1c[nH]c2ccccc12)NC(=O)C(CO)NC(=O)C1CCCN1)C(=O)O. The lowest BCUT2D eigenvalue weighted by Gasteiger charge is -2.25. The summed E-state index contributed by atoms with van der Waals surface area (Å²) in [5.41, 5.74) is 1.60. The van der Waals surface area contributed by atoms with Gasteiger partial charge in [-0.05, 0) is 36.9 Å². The van der Waals surface area contributed by atoms with E-state index < -0.39 is 54.5 Å². The number of hydrogen-bond donors (Lipinski definition) is 7. The van der Waals surface area contributed by atoms with E-state index in [0.717, 1.165) is 22.9 Å².